The zero-order valence-corrected chi connectivity index (χ0v) is 12.6. The average Bonchev–Trinajstić information content (AvgIpc) is 2.86. The van der Waals surface area contributed by atoms with E-state index in [1.807, 2.05) is 7.05 Å². The van der Waals surface area contributed by atoms with Crippen molar-refractivity contribution >= 4 is 28.9 Å². The van der Waals surface area contributed by atoms with Crippen LogP contribution in [-0.2, 0) is 4.79 Å². The normalized spacial score (nSPS) is 15.8. The highest BCUT2D eigenvalue weighted by molar-refractivity contribution is 6.33. The van der Waals surface area contributed by atoms with Gasteiger partial charge in [-0.15, -0.1) is 0 Å². The first-order chi connectivity index (χ1) is 9.54. The molecule has 0 aliphatic heterocycles. The van der Waals surface area contributed by atoms with Gasteiger partial charge >= 0.3 is 0 Å². The van der Waals surface area contributed by atoms with Gasteiger partial charge in [-0.25, -0.2) is 0 Å². The van der Waals surface area contributed by atoms with E-state index in [0.717, 1.165) is 12.5 Å². The molecule has 3 N–H and O–H groups in total. The van der Waals surface area contributed by atoms with Gasteiger partial charge in [-0.2, -0.15) is 0 Å². The number of halogens is 1. The number of amides is 1. The number of nitrogens with two attached hydrogens (primary N) is 1. The van der Waals surface area contributed by atoms with Crippen LogP contribution in [0.2, 0.25) is 5.02 Å². The Morgan fingerprint density at radius 1 is 1.45 bits per heavy atom. The summed E-state index contributed by atoms with van der Waals surface area (Å²) in [7, 11) is 1.98. The van der Waals surface area contributed by atoms with E-state index in [1.54, 1.807) is 18.2 Å². The van der Waals surface area contributed by atoms with Crippen molar-refractivity contribution in [2.24, 2.45) is 5.92 Å². The molecule has 0 atom stereocenters. The van der Waals surface area contributed by atoms with Gasteiger partial charge in [0.2, 0.25) is 5.91 Å². The van der Waals surface area contributed by atoms with Crippen molar-refractivity contribution in [3.05, 3.63) is 23.2 Å². The Morgan fingerprint density at radius 2 is 2.15 bits per heavy atom. The Balaban J connectivity index is 1.83. The van der Waals surface area contributed by atoms with E-state index in [4.69, 9.17) is 17.3 Å². The molecule has 0 aromatic heterocycles. The average molecular weight is 296 g/mol. The van der Waals surface area contributed by atoms with E-state index in [0.29, 0.717) is 22.9 Å². The molecule has 0 unspecified atom stereocenters. The fourth-order valence-electron chi connectivity index (χ4n) is 2.77. The van der Waals surface area contributed by atoms with Crippen molar-refractivity contribution in [2.45, 2.75) is 25.7 Å². The summed E-state index contributed by atoms with van der Waals surface area (Å²) >= 11 is 6.03. The van der Waals surface area contributed by atoms with Gasteiger partial charge in [0.25, 0.3) is 0 Å². The van der Waals surface area contributed by atoms with Gasteiger partial charge in [0, 0.05) is 12.2 Å². The second kappa shape index (κ2) is 6.95. The van der Waals surface area contributed by atoms with E-state index >= 15 is 0 Å². The lowest BCUT2D eigenvalue weighted by Crippen LogP contribution is -2.33. The summed E-state index contributed by atoms with van der Waals surface area (Å²) < 4.78 is 0. The van der Waals surface area contributed by atoms with Crippen LogP contribution in [0.1, 0.15) is 25.7 Å². The van der Waals surface area contributed by atoms with Crippen LogP contribution >= 0.6 is 11.6 Å². The van der Waals surface area contributed by atoms with E-state index in [1.165, 1.54) is 25.7 Å². The molecule has 0 saturated heterocycles. The number of anilines is 2. The molecule has 0 heterocycles. The molecule has 1 fully saturated rings. The second-order valence-electron chi connectivity index (χ2n) is 5.63. The lowest BCUT2D eigenvalue weighted by atomic mass is 10.1. The summed E-state index contributed by atoms with van der Waals surface area (Å²) in [5.74, 6) is 0.682. The first kappa shape index (κ1) is 15.1. The van der Waals surface area contributed by atoms with Gasteiger partial charge in [0.05, 0.1) is 17.3 Å². The molecule has 0 radical (unpaired) electrons. The molecule has 5 heteroatoms. The third-order valence-electron chi connectivity index (χ3n) is 3.72. The highest BCUT2D eigenvalue weighted by Crippen LogP contribution is 2.26. The van der Waals surface area contributed by atoms with E-state index in [-0.39, 0.29) is 5.91 Å². The molecule has 1 aromatic rings. The number of benzene rings is 1. The fourth-order valence-corrected chi connectivity index (χ4v) is 2.94. The van der Waals surface area contributed by atoms with Crippen molar-refractivity contribution in [3.8, 4) is 0 Å². The molecule has 1 aliphatic carbocycles. The highest BCUT2D eigenvalue weighted by atomic mass is 35.5. The van der Waals surface area contributed by atoms with Crippen LogP contribution in [0.25, 0.3) is 0 Å². The van der Waals surface area contributed by atoms with Gasteiger partial charge in [-0.3, -0.25) is 9.69 Å². The number of likely N-dealkylation sites (N-methyl/N-ethyl adjacent to an activating group) is 1. The third kappa shape index (κ3) is 4.39. The smallest absolute Gasteiger partial charge is 0.238 e. The zero-order chi connectivity index (χ0) is 14.5. The maximum Gasteiger partial charge on any atom is 0.238 e. The van der Waals surface area contributed by atoms with Gasteiger partial charge < -0.3 is 11.1 Å². The quantitative estimate of drug-likeness (QED) is 0.821. The molecule has 1 amide bonds. The Hall–Kier alpha value is -1.26. The molecular weight excluding hydrogens is 274 g/mol. The van der Waals surface area contributed by atoms with Crippen LogP contribution in [-0.4, -0.2) is 30.9 Å². The third-order valence-corrected chi connectivity index (χ3v) is 4.05. The van der Waals surface area contributed by atoms with Crippen molar-refractivity contribution < 1.29 is 4.79 Å². The molecule has 4 nitrogen and oxygen atoms in total. The Labute approximate surface area is 125 Å². The van der Waals surface area contributed by atoms with E-state index in [2.05, 4.69) is 10.2 Å². The molecule has 20 heavy (non-hydrogen) atoms. The number of rotatable bonds is 5. The predicted octanol–water partition coefficient (Wildman–Crippen LogP) is 2.98. The molecule has 0 spiro atoms. The molecule has 1 aliphatic rings. The summed E-state index contributed by atoms with van der Waals surface area (Å²) in [4.78, 5) is 14.1. The Morgan fingerprint density at radius 3 is 2.85 bits per heavy atom. The molecule has 0 bridgehead atoms. The second-order valence-corrected chi connectivity index (χ2v) is 6.04. The fraction of sp³-hybridized carbons (Fsp3) is 0.533. The van der Waals surface area contributed by atoms with Gasteiger partial charge in [0.15, 0.2) is 0 Å². The summed E-state index contributed by atoms with van der Waals surface area (Å²) in [5.41, 5.74) is 6.85. The number of nitrogen functional groups attached to an aromatic ring is 1. The SMILES string of the molecule is CN(CC(=O)Nc1cc(N)ccc1Cl)CC1CCCC1. The van der Waals surface area contributed by atoms with E-state index < -0.39 is 0 Å². The topological polar surface area (TPSA) is 58.4 Å². The van der Waals surface area contributed by atoms with E-state index in [9.17, 15) is 4.79 Å². The van der Waals surface area contributed by atoms with Crippen LogP contribution in [0.4, 0.5) is 11.4 Å². The zero-order valence-electron chi connectivity index (χ0n) is 11.9. The standard InChI is InChI=1S/C15H22ClN3O/c1-19(9-11-4-2-3-5-11)10-15(20)18-14-8-12(17)6-7-13(14)16/h6-8,11H,2-5,9-10,17H2,1H3,(H,18,20). The van der Waals surface area contributed by atoms with Gasteiger partial charge in [-0.05, 0) is 44.0 Å². The summed E-state index contributed by atoms with van der Waals surface area (Å²) in [5, 5.41) is 3.32. The van der Waals surface area contributed by atoms with Crippen molar-refractivity contribution in [1.29, 1.82) is 0 Å². The Bertz CT molecular complexity index is 472. The van der Waals surface area contributed by atoms with Crippen molar-refractivity contribution in [2.75, 3.05) is 31.2 Å². The minimum atomic E-state index is -0.0574. The summed E-state index contributed by atoms with van der Waals surface area (Å²) in [6.45, 7) is 1.36. The monoisotopic (exact) mass is 295 g/mol. The number of hydrogen-bond donors (Lipinski definition) is 2. The van der Waals surface area contributed by atoms with Crippen LogP contribution in [0.15, 0.2) is 18.2 Å². The number of carbonyl (C=O) groups is 1. The van der Waals surface area contributed by atoms with Crippen molar-refractivity contribution in [1.82, 2.24) is 4.90 Å². The van der Waals surface area contributed by atoms with Crippen LogP contribution in [0.5, 0.6) is 0 Å². The highest BCUT2D eigenvalue weighted by Gasteiger charge is 2.18. The molecule has 2 rings (SSSR count). The molecule has 1 saturated carbocycles. The molecular formula is C15H22ClN3O. The van der Waals surface area contributed by atoms with Gasteiger partial charge in [0.1, 0.15) is 0 Å². The molecule has 110 valence electrons. The summed E-state index contributed by atoms with van der Waals surface area (Å²) in [6, 6.07) is 5.08. The first-order valence-electron chi connectivity index (χ1n) is 7.08. The Kier molecular flexibility index (Phi) is 5.26. The predicted molar refractivity (Wildman–Crippen MR) is 83.9 cm³/mol. The minimum absolute atomic E-state index is 0.0574. The number of hydrogen-bond acceptors (Lipinski definition) is 3. The maximum atomic E-state index is 12.0. The first-order valence-corrected chi connectivity index (χ1v) is 7.46. The number of carbonyl (C=O) groups excluding carboxylic acids is 1. The lowest BCUT2D eigenvalue weighted by Gasteiger charge is -2.20. The van der Waals surface area contributed by atoms with Crippen LogP contribution in [0, 0.1) is 5.92 Å². The van der Waals surface area contributed by atoms with Crippen LogP contribution in [0.3, 0.4) is 0 Å². The largest absolute Gasteiger partial charge is 0.399 e. The number of nitrogens with zero attached hydrogens (tertiary/aromatic N) is 1. The maximum absolute atomic E-state index is 12.0. The van der Waals surface area contributed by atoms with Crippen molar-refractivity contribution in [3.63, 3.8) is 0 Å². The summed E-state index contributed by atoms with van der Waals surface area (Å²) in [6.07, 6.45) is 5.22. The van der Waals surface area contributed by atoms with Gasteiger partial charge in [-0.1, -0.05) is 24.4 Å². The number of nitrogens with one attached hydrogen (secondary N) is 1. The van der Waals surface area contributed by atoms with Crippen LogP contribution < -0.4 is 11.1 Å². The molecule has 1 aromatic carbocycles. The minimum Gasteiger partial charge on any atom is -0.399 e. The lowest BCUT2D eigenvalue weighted by molar-refractivity contribution is -0.117.